The average Bonchev–Trinajstić information content (AvgIpc) is 2.18. The first-order valence-corrected chi connectivity index (χ1v) is 5.89. The molecular formula is C12H17BrO. The van der Waals surface area contributed by atoms with Gasteiger partial charge in [-0.2, -0.15) is 0 Å². The Hall–Kier alpha value is -0.500. The van der Waals surface area contributed by atoms with E-state index in [1.807, 2.05) is 6.07 Å². The quantitative estimate of drug-likeness (QED) is 0.733. The summed E-state index contributed by atoms with van der Waals surface area (Å²) in [6, 6.07) is 6.30. The summed E-state index contributed by atoms with van der Waals surface area (Å²) in [5.74, 6) is 0.978. The van der Waals surface area contributed by atoms with Crippen molar-refractivity contribution < 1.29 is 4.74 Å². The first-order valence-electron chi connectivity index (χ1n) is 4.97. The summed E-state index contributed by atoms with van der Waals surface area (Å²) in [6.07, 6.45) is 2.31. The molecule has 78 valence electrons. The topological polar surface area (TPSA) is 9.23 Å². The van der Waals surface area contributed by atoms with Crippen LogP contribution in [-0.2, 0) is 0 Å². The number of hydrogen-bond donors (Lipinski definition) is 0. The zero-order chi connectivity index (χ0) is 10.6. The number of hydrogen-bond acceptors (Lipinski definition) is 1. The lowest BCUT2D eigenvalue weighted by molar-refractivity contribution is 0.408. The van der Waals surface area contributed by atoms with Gasteiger partial charge in [0.05, 0.1) is 7.11 Å². The molecular weight excluding hydrogens is 240 g/mol. The fourth-order valence-electron chi connectivity index (χ4n) is 1.51. The monoisotopic (exact) mass is 256 g/mol. The number of halogens is 1. The molecule has 0 radical (unpaired) electrons. The third kappa shape index (κ3) is 2.74. The van der Waals surface area contributed by atoms with E-state index >= 15 is 0 Å². The summed E-state index contributed by atoms with van der Waals surface area (Å²) in [5, 5.41) is 0. The highest BCUT2D eigenvalue weighted by atomic mass is 79.9. The average molecular weight is 257 g/mol. The lowest BCUT2D eigenvalue weighted by atomic mass is 10.0. The number of methoxy groups -OCH3 is 1. The van der Waals surface area contributed by atoms with Crippen LogP contribution in [0.5, 0.6) is 5.75 Å². The van der Waals surface area contributed by atoms with Crippen molar-refractivity contribution in [2.75, 3.05) is 7.11 Å². The molecule has 1 unspecified atom stereocenters. The van der Waals surface area contributed by atoms with Crippen LogP contribution >= 0.6 is 15.9 Å². The zero-order valence-corrected chi connectivity index (χ0v) is 10.6. The molecule has 0 spiro atoms. The Kier molecular flexibility index (Phi) is 4.46. The Morgan fingerprint density at radius 1 is 1.43 bits per heavy atom. The van der Waals surface area contributed by atoms with Crippen LogP contribution in [0, 0.1) is 6.92 Å². The minimum atomic E-state index is 0.405. The summed E-state index contributed by atoms with van der Waals surface area (Å²) in [7, 11) is 1.72. The summed E-state index contributed by atoms with van der Waals surface area (Å²) in [5.41, 5.74) is 2.54. The van der Waals surface area contributed by atoms with Gasteiger partial charge in [-0.3, -0.25) is 0 Å². The largest absolute Gasteiger partial charge is 0.496 e. The van der Waals surface area contributed by atoms with E-state index in [0.29, 0.717) is 4.83 Å². The van der Waals surface area contributed by atoms with Crippen molar-refractivity contribution in [1.29, 1.82) is 0 Å². The molecule has 0 aliphatic carbocycles. The molecule has 1 nitrogen and oxygen atoms in total. The molecule has 1 aromatic carbocycles. The molecule has 0 aliphatic rings. The van der Waals surface area contributed by atoms with Crippen LogP contribution in [0.3, 0.4) is 0 Å². The normalized spacial score (nSPS) is 12.6. The third-order valence-electron chi connectivity index (χ3n) is 2.26. The van der Waals surface area contributed by atoms with Crippen molar-refractivity contribution in [3.8, 4) is 5.75 Å². The second-order valence-corrected chi connectivity index (χ2v) is 4.61. The van der Waals surface area contributed by atoms with Gasteiger partial charge in [0, 0.05) is 10.4 Å². The van der Waals surface area contributed by atoms with Crippen LogP contribution in [-0.4, -0.2) is 7.11 Å². The fraction of sp³-hybridized carbons (Fsp3) is 0.500. The van der Waals surface area contributed by atoms with Crippen LogP contribution < -0.4 is 4.74 Å². The van der Waals surface area contributed by atoms with Crippen molar-refractivity contribution in [3.63, 3.8) is 0 Å². The van der Waals surface area contributed by atoms with Gasteiger partial charge in [0.25, 0.3) is 0 Å². The highest BCUT2D eigenvalue weighted by molar-refractivity contribution is 9.09. The van der Waals surface area contributed by atoms with Gasteiger partial charge >= 0.3 is 0 Å². The molecule has 0 amide bonds. The first-order chi connectivity index (χ1) is 6.69. The van der Waals surface area contributed by atoms with E-state index < -0.39 is 0 Å². The molecule has 1 atom stereocenters. The van der Waals surface area contributed by atoms with Gasteiger partial charge in [-0.1, -0.05) is 47.0 Å². The van der Waals surface area contributed by atoms with Gasteiger partial charge in [-0.15, -0.1) is 0 Å². The van der Waals surface area contributed by atoms with Gasteiger partial charge in [0.15, 0.2) is 0 Å². The van der Waals surface area contributed by atoms with Crippen molar-refractivity contribution in [1.82, 2.24) is 0 Å². The van der Waals surface area contributed by atoms with E-state index in [2.05, 4.69) is 41.9 Å². The predicted molar refractivity (Wildman–Crippen MR) is 64.3 cm³/mol. The fourth-order valence-corrected chi connectivity index (χ4v) is 2.32. The van der Waals surface area contributed by atoms with Crippen LogP contribution in [0.15, 0.2) is 18.2 Å². The van der Waals surface area contributed by atoms with E-state index in [1.165, 1.54) is 17.5 Å². The van der Waals surface area contributed by atoms with Crippen LogP contribution in [0.2, 0.25) is 0 Å². The number of ether oxygens (including phenoxy) is 1. The minimum Gasteiger partial charge on any atom is -0.496 e. The first kappa shape index (κ1) is 11.6. The molecule has 0 saturated heterocycles. The van der Waals surface area contributed by atoms with Crippen molar-refractivity contribution in [2.24, 2.45) is 0 Å². The van der Waals surface area contributed by atoms with Crippen LogP contribution in [0.4, 0.5) is 0 Å². The molecule has 0 saturated carbocycles. The van der Waals surface area contributed by atoms with Crippen molar-refractivity contribution in [3.05, 3.63) is 29.3 Å². The van der Waals surface area contributed by atoms with Crippen LogP contribution in [0.1, 0.15) is 35.7 Å². The smallest absolute Gasteiger partial charge is 0.123 e. The third-order valence-corrected chi connectivity index (χ3v) is 3.22. The Balaban J connectivity index is 2.97. The lowest BCUT2D eigenvalue weighted by Gasteiger charge is -2.14. The standard InChI is InChI=1S/C12H17BrO/c1-4-5-11(13)10-8-9(2)6-7-12(10)14-3/h6-8,11H,4-5H2,1-3H3. The van der Waals surface area contributed by atoms with Gasteiger partial charge in [-0.25, -0.2) is 0 Å². The molecule has 0 aliphatic heterocycles. The molecule has 0 bridgehead atoms. The Bertz CT molecular complexity index is 296. The highest BCUT2D eigenvalue weighted by Crippen LogP contribution is 2.34. The molecule has 2 heteroatoms. The van der Waals surface area contributed by atoms with Gasteiger partial charge < -0.3 is 4.74 Å². The number of benzene rings is 1. The Morgan fingerprint density at radius 3 is 2.71 bits per heavy atom. The number of rotatable bonds is 4. The maximum atomic E-state index is 5.34. The maximum absolute atomic E-state index is 5.34. The van der Waals surface area contributed by atoms with E-state index in [-0.39, 0.29) is 0 Å². The second-order valence-electron chi connectivity index (χ2n) is 3.50. The summed E-state index contributed by atoms with van der Waals surface area (Å²) >= 11 is 3.69. The van der Waals surface area contributed by atoms with E-state index in [4.69, 9.17) is 4.74 Å². The van der Waals surface area contributed by atoms with Crippen molar-refractivity contribution >= 4 is 15.9 Å². The summed E-state index contributed by atoms with van der Waals surface area (Å²) in [6.45, 7) is 4.30. The highest BCUT2D eigenvalue weighted by Gasteiger charge is 2.11. The molecule has 0 heterocycles. The Labute approximate surface area is 94.6 Å². The molecule has 14 heavy (non-hydrogen) atoms. The predicted octanol–water partition coefficient (Wildman–Crippen LogP) is 4.24. The van der Waals surface area contributed by atoms with E-state index in [9.17, 15) is 0 Å². The maximum Gasteiger partial charge on any atom is 0.123 e. The lowest BCUT2D eigenvalue weighted by Crippen LogP contribution is -1.95. The number of aryl methyl sites for hydroxylation is 1. The van der Waals surface area contributed by atoms with E-state index in [1.54, 1.807) is 7.11 Å². The molecule has 1 aromatic rings. The van der Waals surface area contributed by atoms with Crippen molar-refractivity contribution in [2.45, 2.75) is 31.5 Å². The molecule has 0 fully saturated rings. The molecule has 1 rings (SSSR count). The summed E-state index contributed by atoms with van der Waals surface area (Å²) in [4.78, 5) is 0.405. The molecule has 0 N–H and O–H groups in total. The number of alkyl halides is 1. The van der Waals surface area contributed by atoms with E-state index in [0.717, 1.165) is 12.2 Å². The van der Waals surface area contributed by atoms with Gasteiger partial charge in [0.1, 0.15) is 5.75 Å². The second kappa shape index (κ2) is 5.40. The zero-order valence-electron chi connectivity index (χ0n) is 9.01. The summed E-state index contributed by atoms with van der Waals surface area (Å²) < 4.78 is 5.34. The molecule has 0 aromatic heterocycles. The Morgan fingerprint density at radius 2 is 2.14 bits per heavy atom. The van der Waals surface area contributed by atoms with Gasteiger partial charge in [-0.05, 0) is 19.4 Å². The SMILES string of the molecule is CCCC(Br)c1cc(C)ccc1OC. The minimum absolute atomic E-state index is 0.405. The van der Waals surface area contributed by atoms with Crippen LogP contribution in [0.25, 0.3) is 0 Å². The van der Waals surface area contributed by atoms with Gasteiger partial charge in [0.2, 0.25) is 0 Å².